The molecular formula is C17H20N4. The summed E-state index contributed by atoms with van der Waals surface area (Å²) in [6.07, 6.45) is 5.46. The molecule has 1 aromatic carbocycles. The minimum atomic E-state index is -0.105. The molecule has 3 aromatic rings. The van der Waals surface area contributed by atoms with Gasteiger partial charge in [-0.1, -0.05) is 37.3 Å². The average molecular weight is 280 g/mol. The molecule has 0 spiro atoms. The van der Waals surface area contributed by atoms with Crippen molar-refractivity contribution in [3.63, 3.8) is 0 Å². The third-order valence-electron chi connectivity index (χ3n) is 3.66. The van der Waals surface area contributed by atoms with Crippen molar-refractivity contribution < 1.29 is 0 Å². The van der Waals surface area contributed by atoms with Gasteiger partial charge >= 0.3 is 0 Å². The summed E-state index contributed by atoms with van der Waals surface area (Å²) in [7, 11) is 0. The summed E-state index contributed by atoms with van der Waals surface area (Å²) in [6, 6.07) is 12.2. The lowest BCUT2D eigenvalue weighted by molar-refractivity contribution is 0.585. The maximum atomic E-state index is 6.42. The van der Waals surface area contributed by atoms with Crippen molar-refractivity contribution in [1.82, 2.24) is 14.5 Å². The van der Waals surface area contributed by atoms with Gasteiger partial charge in [0.1, 0.15) is 11.3 Å². The molecule has 1 unspecified atom stereocenters. The normalized spacial score (nSPS) is 12.7. The van der Waals surface area contributed by atoms with Crippen LogP contribution in [0.4, 0.5) is 0 Å². The molecule has 3 rings (SSSR count). The molecule has 1 atom stereocenters. The minimum Gasteiger partial charge on any atom is -0.327 e. The number of nitrogens with zero attached hydrogens (tertiary/aromatic N) is 3. The molecule has 0 bridgehead atoms. The molecule has 108 valence electrons. The standard InChI is InChI=1S/C17H20N4/c1-2-10-21-16-8-9-19-12-15(16)20-17(21)14(18)11-13-6-4-3-5-7-13/h3-9,12,14H,2,10-11,18H2,1H3. The molecule has 0 aliphatic carbocycles. The summed E-state index contributed by atoms with van der Waals surface area (Å²) in [5.74, 6) is 0.948. The van der Waals surface area contributed by atoms with Crippen molar-refractivity contribution in [2.24, 2.45) is 5.73 Å². The number of hydrogen-bond acceptors (Lipinski definition) is 3. The van der Waals surface area contributed by atoms with Crippen LogP contribution in [0.1, 0.15) is 30.8 Å². The van der Waals surface area contributed by atoms with E-state index in [2.05, 4.69) is 28.6 Å². The fraction of sp³-hybridized carbons (Fsp3) is 0.294. The van der Waals surface area contributed by atoms with E-state index in [0.29, 0.717) is 0 Å². The SMILES string of the molecule is CCCn1c(C(N)Cc2ccccc2)nc2cnccc21. The van der Waals surface area contributed by atoms with Gasteiger partial charge in [0.15, 0.2) is 0 Å². The van der Waals surface area contributed by atoms with Crippen molar-refractivity contribution in [2.75, 3.05) is 0 Å². The molecule has 0 amide bonds. The number of nitrogens with two attached hydrogens (primary N) is 1. The van der Waals surface area contributed by atoms with Gasteiger partial charge in [0.25, 0.3) is 0 Å². The quantitative estimate of drug-likeness (QED) is 0.781. The van der Waals surface area contributed by atoms with Crippen LogP contribution in [-0.4, -0.2) is 14.5 Å². The van der Waals surface area contributed by atoms with E-state index in [0.717, 1.165) is 36.2 Å². The second-order valence-corrected chi connectivity index (χ2v) is 5.28. The highest BCUT2D eigenvalue weighted by Gasteiger charge is 2.17. The van der Waals surface area contributed by atoms with Crippen LogP contribution in [-0.2, 0) is 13.0 Å². The number of rotatable bonds is 5. The molecule has 4 nitrogen and oxygen atoms in total. The van der Waals surface area contributed by atoms with Gasteiger partial charge in [-0.25, -0.2) is 4.98 Å². The van der Waals surface area contributed by atoms with E-state index in [1.165, 1.54) is 5.56 Å². The fourth-order valence-electron chi connectivity index (χ4n) is 2.70. The monoisotopic (exact) mass is 280 g/mol. The molecular weight excluding hydrogens is 260 g/mol. The van der Waals surface area contributed by atoms with Crippen LogP contribution in [0.2, 0.25) is 0 Å². The van der Waals surface area contributed by atoms with Gasteiger partial charge in [-0.3, -0.25) is 4.98 Å². The van der Waals surface area contributed by atoms with Crippen LogP contribution in [0.3, 0.4) is 0 Å². The number of fused-ring (bicyclic) bond motifs is 1. The first kappa shape index (κ1) is 13.8. The number of benzene rings is 1. The Hall–Kier alpha value is -2.20. The first-order chi connectivity index (χ1) is 10.3. The zero-order valence-corrected chi connectivity index (χ0v) is 12.2. The molecule has 0 saturated heterocycles. The van der Waals surface area contributed by atoms with Crippen molar-refractivity contribution in [3.8, 4) is 0 Å². The van der Waals surface area contributed by atoms with Crippen molar-refractivity contribution in [3.05, 3.63) is 60.2 Å². The van der Waals surface area contributed by atoms with Gasteiger partial charge in [0.2, 0.25) is 0 Å². The van der Waals surface area contributed by atoms with E-state index in [4.69, 9.17) is 10.7 Å². The maximum absolute atomic E-state index is 6.42. The van der Waals surface area contributed by atoms with Crippen molar-refractivity contribution in [1.29, 1.82) is 0 Å². The second-order valence-electron chi connectivity index (χ2n) is 5.28. The van der Waals surface area contributed by atoms with Gasteiger partial charge in [0.05, 0.1) is 17.8 Å². The number of pyridine rings is 1. The Morgan fingerprint density at radius 2 is 2.00 bits per heavy atom. The molecule has 2 N–H and O–H groups in total. The Bertz CT molecular complexity index is 718. The summed E-state index contributed by atoms with van der Waals surface area (Å²) < 4.78 is 2.23. The Balaban J connectivity index is 1.96. The van der Waals surface area contributed by atoms with E-state index >= 15 is 0 Å². The summed E-state index contributed by atoms with van der Waals surface area (Å²) in [5, 5.41) is 0. The Morgan fingerprint density at radius 1 is 1.19 bits per heavy atom. The third kappa shape index (κ3) is 2.81. The molecule has 0 aliphatic heterocycles. The highest BCUT2D eigenvalue weighted by molar-refractivity contribution is 5.74. The van der Waals surface area contributed by atoms with Gasteiger partial charge in [0, 0.05) is 12.7 Å². The lowest BCUT2D eigenvalue weighted by Crippen LogP contribution is -2.19. The molecule has 21 heavy (non-hydrogen) atoms. The van der Waals surface area contributed by atoms with Crippen LogP contribution in [0.15, 0.2) is 48.8 Å². The molecule has 0 radical (unpaired) electrons. The Morgan fingerprint density at radius 3 is 2.76 bits per heavy atom. The average Bonchev–Trinajstić information content (AvgIpc) is 2.88. The van der Waals surface area contributed by atoms with E-state index in [9.17, 15) is 0 Å². The lowest BCUT2D eigenvalue weighted by Gasteiger charge is -2.14. The van der Waals surface area contributed by atoms with Crippen LogP contribution in [0.25, 0.3) is 11.0 Å². The van der Waals surface area contributed by atoms with Crippen LogP contribution < -0.4 is 5.73 Å². The number of imidazole rings is 1. The van der Waals surface area contributed by atoms with Gasteiger partial charge in [-0.15, -0.1) is 0 Å². The molecule has 0 aliphatic rings. The lowest BCUT2D eigenvalue weighted by atomic mass is 10.1. The summed E-state index contributed by atoms with van der Waals surface area (Å²) in [5.41, 5.74) is 9.69. The number of hydrogen-bond donors (Lipinski definition) is 1. The van der Waals surface area contributed by atoms with Crippen LogP contribution in [0.5, 0.6) is 0 Å². The smallest absolute Gasteiger partial charge is 0.127 e. The van der Waals surface area contributed by atoms with Crippen LogP contribution in [0, 0.1) is 0 Å². The predicted octanol–water partition coefficient (Wildman–Crippen LogP) is 3.08. The third-order valence-corrected chi connectivity index (χ3v) is 3.66. The first-order valence-electron chi connectivity index (χ1n) is 7.39. The molecule has 0 fully saturated rings. The summed E-state index contributed by atoms with van der Waals surface area (Å²) in [4.78, 5) is 8.86. The first-order valence-corrected chi connectivity index (χ1v) is 7.39. The van der Waals surface area contributed by atoms with E-state index in [-0.39, 0.29) is 6.04 Å². The van der Waals surface area contributed by atoms with Gasteiger partial charge < -0.3 is 10.3 Å². The zero-order chi connectivity index (χ0) is 14.7. The largest absolute Gasteiger partial charge is 0.327 e. The molecule has 2 aromatic heterocycles. The summed E-state index contributed by atoms with van der Waals surface area (Å²) >= 11 is 0. The van der Waals surface area contributed by atoms with E-state index in [1.54, 1.807) is 6.20 Å². The van der Waals surface area contributed by atoms with E-state index in [1.807, 2.05) is 30.5 Å². The molecule has 2 heterocycles. The van der Waals surface area contributed by atoms with Gasteiger partial charge in [-0.2, -0.15) is 0 Å². The topological polar surface area (TPSA) is 56.7 Å². The highest BCUT2D eigenvalue weighted by Crippen LogP contribution is 2.22. The Kier molecular flexibility index (Phi) is 3.97. The van der Waals surface area contributed by atoms with Crippen LogP contribution >= 0.6 is 0 Å². The van der Waals surface area contributed by atoms with Gasteiger partial charge in [-0.05, 0) is 24.5 Å². The minimum absolute atomic E-state index is 0.105. The fourth-order valence-corrected chi connectivity index (χ4v) is 2.70. The molecule has 4 heteroatoms. The second kappa shape index (κ2) is 6.06. The Labute approximate surface area is 124 Å². The van der Waals surface area contributed by atoms with E-state index < -0.39 is 0 Å². The zero-order valence-electron chi connectivity index (χ0n) is 12.2. The molecule has 0 saturated carbocycles. The number of aromatic nitrogens is 3. The number of aryl methyl sites for hydroxylation is 1. The maximum Gasteiger partial charge on any atom is 0.127 e. The van der Waals surface area contributed by atoms with Crippen molar-refractivity contribution in [2.45, 2.75) is 32.4 Å². The van der Waals surface area contributed by atoms with Crippen molar-refractivity contribution >= 4 is 11.0 Å². The predicted molar refractivity (Wildman–Crippen MR) is 84.9 cm³/mol. The summed E-state index contributed by atoms with van der Waals surface area (Å²) in [6.45, 7) is 3.10. The highest BCUT2D eigenvalue weighted by atomic mass is 15.1.